The van der Waals surface area contributed by atoms with Gasteiger partial charge in [-0.25, -0.2) is 0 Å². The highest BCUT2D eigenvalue weighted by atomic mass is 16.5. The van der Waals surface area contributed by atoms with Crippen molar-refractivity contribution in [3.05, 3.63) is 29.3 Å². The molecule has 0 unspecified atom stereocenters. The number of hydrogen-bond acceptors (Lipinski definition) is 7. The maximum Gasteiger partial charge on any atom is 0.262 e. The first-order valence-corrected chi connectivity index (χ1v) is 10.3. The maximum atomic E-state index is 12.3. The van der Waals surface area contributed by atoms with Crippen molar-refractivity contribution in [2.24, 2.45) is 0 Å². The molecule has 0 bridgehead atoms. The number of rotatable bonds is 8. The molecule has 166 valence electrons. The molecule has 0 aromatic heterocycles. The topological polar surface area (TPSA) is 110 Å². The van der Waals surface area contributed by atoms with Crippen molar-refractivity contribution in [3.8, 4) is 17.6 Å². The van der Waals surface area contributed by atoms with Gasteiger partial charge in [0.1, 0.15) is 11.6 Å². The minimum atomic E-state index is -0.451. The van der Waals surface area contributed by atoms with Crippen LogP contribution in [0.15, 0.2) is 23.8 Å². The number of methoxy groups -OCH3 is 1. The lowest BCUT2D eigenvalue weighted by Crippen LogP contribution is -2.43. The van der Waals surface area contributed by atoms with E-state index in [2.05, 4.69) is 5.32 Å². The van der Waals surface area contributed by atoms with Gasteiger partial charge in [0.15, 0.2) is 18.1 Å². The molecular formula is C22H27N3O6. The third-order valence-electron chi connectivity index (χ3n) is 5.09. The van der Waals surface area contributed by atoms with Crippen molar-refractivity contribution < 1.29 is 28.5 Å². The maximum absolute atomic E-state index is 12.3. The minimum absolute atomic E-state index is 0.000548. The number of ether oxygens (including phenoxy) is 4. The number of carbonyl (C=O) groups is 2. The number of nitrogens with zero attached hydrogens (tertiary/aromatic N) is 2. The molecule has 9 heteroatoms. The molecule has 2 heterocycles. The van der Waals surface area contributed by atoms with E-state index >= 15 is 0 Å². The summed E-state index contributed by atoms with van der Waals surface area (Å²) in [7, 11) is 1.49. The predicted octanol–water partition coefficient (Wildman–Crippen LogP) is 1.13. The SMILES string of the molecule is COc1cc(/C=C(\C#N)C(=O)NC[C@@H]2CCCO2)ccc1OCC(=O)N1CCOCC1. The van der Waals surface area contributed by atoms with Gasteiger partial charge in [-0.1, -0.05) is 6.07 Å². The van der Waals surface area contributed by atoms with Crippen molar-refractivity contribution >= 4 is 17.9 Å². The number of nitriles is 1. The van der Waals surface area contributed by atoms with Gasteiger partial charge in [-0.15, -0.1) is 0 Å². The summed E-state index contributed by atoms with van der Waals surface area (Å²) in [5.74, 6) is 0.237. The Morgan fingerprint density at radius 2 is 2.10 bits per heavy atom. The predicted molar refractivity (Wildman–Crippen MR) is 111 cm³/mol. The second-order valence-corrected chi connectivity index (χ2v) is 7.21. The molecule has 0 radical (unpaired) electrons. The van der Waals surface area contributed by atoms with Crippen LogP contribution in [0.25, 0.3) is 6.08 Å². The van der Waals surface area contributed by atoms with Crippen molar-refractivity contribution in [1.29, 1.82) is 5.26 Å². The van der Waals surface area contributed by atoms with Crippen LogP contribution in [0.5, 0.6) is 11.5 Å². The molecule has 1 aromatic rings. The zero-order valence-corrected chi connectivity index (χ0v) is 17.6. The molecule has 3 rings (SSSR count). The van der Waals surface area contributed by atoms with Crippen LogP contribution in [-0.4, -0.2) is 76.0 Å². The second kappa shape index (κ2) is 11.3. The van der Waals surface area contributed by atoms with Crippen LogP contribution in [0, 0.1) is 11.3 Å². The van der Waals surface area contributed by atoms with Gasteiger partial charge >= 0.3 is 0 Å². The molecule has 2 fully saturated rings. The molecule has 2 saturated heterocycles. The van der Waals surface area contributed by atoms with Crippen molar-refractivity contribution in [2.45, 2.75) is 18.9 Å². The minimum Gasteiger partial charge on any atom is -0.493 e. The number of hydrogen-bond donors (Lipinski definition) is 1. The van der Waals surface area contributed by atoms with Crippen LogP contribution in [0.4, 0.5) is 0 Å². The number of morpholine rings is 1. The average Bonchev–Trinajstić information content (AvgIpc) is 3.34. The number of carbonyl (C=O) groups excluding carboxylic acids is 2. The van der Waals surface area contributed by atoms with Gasteiger partial charge in [0.25, 0.3) is 11.8 Å². The van der Waals surface area contributed by atoms with E-state index < -0.39 is 5.91 Å². The van der Waals surface area contributed by atoms with E-state index in [-0.39, 0.29) is 24.2 Å². The van der Waals surface area contributed by atoms with Gasteiger partial charge in [-0.3, -0.25) is 9.59 Å². The van der Waals surface area contributed by atoms with Gasteiger partial charge in [0, 0.05) is 26.2 Å². The monoisotopic (exact) mass is 429 g/mol. The smallest absolute Gasteiger partial charge is 0.262 e. The summed E-state index contributed by atoms with van der Waals surface area (Å²) in [6.07, 6.45) is 3.36. The van der Waals surface area contributed by atoms with Gasteiger partial charge in [-0.05, 0) is 36.6 Å². The fourth-order valence-electron chi connectivity index (χ4n) is 3.36. The summed E-state index contributed by atoms with van der Waals surface area (Å²) < 4.78 is 21.7. The van der Waals surface area contributed by atoms with E-state index in [4.69, 9.17) is 18.9 Å². The highest BCUT2D eigenvalue weighted by Crippen LogP contribution is 2.29. The second-order valence-electron chi connectivity index (χ2n) is 7.21. The van der Waals surface area contributed by atoms with Crippen LogP contribution in [0.3, 0.4) is 0 Å². The first-order valence-electron chi connectivity index (χ1n) is 10.3. The molecule has 1 atom stereocenters. The molecule has 31 heavy (non-hydrogen) atoms. The zero-order chi connectivity index (χ0) is 22.1. The summed E-state index contributed by atoms with van der Waals surface area (Å²) in [6.45, 7) is 3.13. The highest BCUT2D eigenvalue weighted by molar-refractivity contribution is 6.01. The Hall–Kier alpha value is -3.09. The van der Waals surface area contributed by atoms with E-state index in [1.807, 2.05) is 6.07 Å². The summed E-state index contributed by atoms with van der Waals surface area (Å²) in [4.78, 5) is 26.3. The summed E-state index contributed by atoms with van der Waals surface area (Å²) in [5.41, 5.74) is 0.587. The Labute approximate surface area is 181 Å². The normalized spacial score (nSPS) is 18.9. The zero-order valence-electron chi connectivity index (χ0n) is 17.6. The van der Waals surface area contributed by atoms with Crippen molar-refractivity contribution in [3.63, 3.8) is 0 Å². The van der Waals surface area contributed by atoms with E-state index in [1.165, 1.54) is 13.2 Å². The highest BCUT2D eigenvalue weighted by Gasteiger charge is 2.19. The fourth-order valence-corrected chi connectivity index (χ4v) is 3.36. The van der Waals surface area contributed by atoms with Crippen molar-refractivity contribution in [1.82, 2.24) is 10.2 Å². The van der Waals surface area contributed by atoms with Gasteiger partial charge in [0.2, 0.25) is 0 Å². The molecule has 2 aliphatic heterocycles. The number of benzene rings is 1. The van der Waals surface area contributed by atoms with E-state index in [1.54, 1.807) is 23.1 Å². The molecule has 0 spiro atoms. The lowest BCUT2D eigenvalue weighted by molar-refractivity contribution is -0.137. The lowest BCUT2D eigenvalue weighted by atomic mass is 10.1. The quantitative estimate of drug-likeness (QED) is 0.487. The van der Waals surface area contributed by atoms with E-state index in [9.17, 15) is 14.9 Å². The third-order valence-corrected chi connectivity index (χ3v) is 5.09. The summed E-state index contributed by atoms with van der Waals surface area (Å²) in [5, 5.41) is 12.1. The summed E-state index contributed by atoms with van der Waals surface area (Å²) in [6, 6.07) is 6.93. The van der Waals surface area contributed by atoms with Crippen LogP contribution >= 0.6 is 0 Å². The van der Waals surface area contributed by atoms with Crippen LogP contribution in [0.2, 0.25) is 0 Å². The van der Waals surface area contributed by atoms with Gasteiger partial charge in [0.05, 0.1) is 26.4 Å². The average molecular weight is 429 g/mol. The van der Waals surface area contributed by atoms with Crippen LogP contribution in [0.1, 0.15) is 18.4 Å². The molecule has 1 aromatic carbocycles. The fraction of sp³-hybridized carbons (Fsp3) is 0.500. The van der Waals surface area contributed by atoms with Crippen LogP contribution < -0.4 is 14.8 Å². The largest absolute Gasteiger partial charge is 0.493 e. The number of nitrogens with one attached hydrogen (secondary N) is 1. The Morgan fingerprint density at radius 1 is 1.29 bits per heavy atom. The van der Waals surface area contributed by atoms with Gasteiger partial charge < -0.3 is 29.2 Å². The molecule has 9 nitrogen and oxygen atoms in total. The Kier molecular flexibility index (Phi) is 8.27. The van der Waals surface area contributed by atoms with Gasteiger partial charge in [-0.2, -0.15) is 5.26 Å². The van der Waals surface area contributed by atoms with Crippen molar-refractivity contribution in [2.75, 3.05) is 53.2 Å². The molecule has 0 saturated carbocycles. The lowest BCUT2D eigenvalue weighted by Gasteiger charge is -2.26. The van der Waals surface area contributed by atoms with Crippen LogP contribution in [-0.2, 0) is 19.1 Å². The Balaban J connectivity index is 1.61. The third kappa shape index (κ3) is 6.44. The standard InChI is InChI=1S/C22H27N3O6/c1-28-20-12-16(11-17(13-23)22(27)24-14-18-3-2-8-30-18)4-5-19(20)31-15-21(26)25-6-9-29-10-7-25/h4-5,11-12,18H,2-3,6-10,14-15H2,1H3,(H,24,27)/b17-11+/t18-/m0/s1. The Morgan fingerprint density at radius 3 is 2.77 bits per heavy atom. The molecule has 1 N–H and O–H groups in total. The first kappa shape index (κ1) is 22.6. The Bertz CT molecular complexity index is 851. The van der Waals surface area contributed by atoms with E-state index in [0.717, 1.165) is 12.8 Å². The molecular weight excluding hydrogens is 402 g/mol. The molecule has 0 aliphatic carbocycles. The first-order chi connectivity index (χ1) is 15.1. The summed E-state index contributed by atoms with van der Waals surface area (Å²) >= 11 is 0. The number of amides is 2. The molecule has 2 aliphatic rings. The van der Waals surface area contributed by atoms with E-state index in [0.29, 0.717) is 56.5 Å². The molecule has 2 amide bonds.